The molecule has 88 valence electrons. The molecule has 1 aliphatic rings. The molecule has 3 nitrogen and oxygen atoms in total. The minimum atomic E-state index is 0.671. The van der Waals surface area contributed by atoms with Crippen molar-refractivity contribution in [2.24, 2.45) is 5.84 Å². The highest BCUT2D eigenvalue weighted by atomic mass is 35.5. The smallest absolute Gasteiger partial charge is 0.142 e. The second-order valence-electron chi connectivity index (χ2n) is 3.53. The Kier molecular flexibility index (Phi) is 3.85. The van der Waals surface area contributed by atoms with Gasteiger partial charge >= 0.3 is 0 Å². The molecule has 4 heteroatoms. The minimum Gasteiger partial charge on any atom is -0.456 e. The van der Waals surface area contributed by atoms with E-state index < -0.39 is 0 Å². The summed E-state index contributed by atoms with van der Waals surface area (Å²) in [5.74, 6) is 6.68. The molecular weight excluding hydrogens is 236 g/mol. The lowest BCUT2D eigenvalue weighted by atomic mass is 10.3. The first-order chi connectivity index (χ1) is 8.29. The second-order valence-corrected chi connectivity index (χ2v) is 3.99. The SMILES string of the molecule is NNc1ccc(OC2=C(Cl)CC=CC=C2)cc1. The first kappa shape index (κ1) is 11.8. The highest BCUT2D eigenvalue weighted by Crippen LogP contribution is 2.23. The Morgan fingerprint density at radius 3 is 2.65 bits per heavy atom. The number of rotatable bonds is 3. The second kappa shape index (κ2) is 5.57. The van der Waals surface area contributed by atoms with E-state index >= 15 is 0 Å². The number of benzene rings is 1. The van der Waals surface area contributed by atoms with E-state index in [-0.39, 0.29) is 0 Å². The first-order valence-electron chi connectivity index (χ1n) is 5.26. The maximum atomic E-state index is 6.12. The Balaban J connectivity index is 2.14. The summed E-state index contributed by atoms with van der Waals surface area (Å²) in [6, 6.07) is 7.34. The van der Waals surface area contributed by atoms with Gasteiger partial charge in [0.25, 0.3) is 0 Å². The van der Waals surface area contributed by atoms with E-state index in [0.29, 0.717) is 17.2 Å². The van der Waals surface area contributed by atoms with E-state index in [1.54, 1.807) is 0 Å². The number of hydrogen-bond acceptors (Lipinski definition) is 3. The third kappa shape index (κ3) is 3.12. The van der Waals surface area contributed by atoms with Crippen LogP contribution in [-0.4, -0.2) is 0 Å². The van der Waals surface area contributed by atoms with Crippen LogP contribution in [-0.2, 0) is 0 Å². The van der Waals surface area contributed by atoms with Gasteiger partial charge in [0.15, 0.2) is 0 Å². The lowest BCUT2D eigenvalue weighted by molar-refractivity contribution is 0.441. The van der Waals surface area contributed by atoms with Crippen LogP contribution in [0.15, 0.2) is 59.4 Å². The van der Waals surface area contributed by atoms with Crippen molar-refractivity contribution in [1.82, 2.24) is 0 Å². The van der Waals surface area contributed by atoms with Gasteiger partial charge < -0.3 is 10.2 Å². The fourth-order valence-electron chi connectivity index (χ4n) is 1.42. The lowest BCUT2D eigenvalue weighted by Gasteiger charge is -2.08. The van der Waals surface area contributed by atoms with Gasteiger partial charge in [0.2, 0.25) is 0 Å². The van der Waals surface area contributed by atoms with Crippen molar-refractivity contribution < 1.29 is 4.74 Å². The molecule has 0 aromatic heterocycles. The summed E-state index contributed by atoms with van der Waals surface area (Å²) >= 11 is 6.12. The van der Waals surface area contributed by atoms with E-state index in [0.717, 1.165) is 11.4 Å². The van der Waals surface area contributed by atoms with Gasteiger partial charge in [-0.15, -0.1) is 0 Å². The van der Waals surface area contributed by atoms with Crippen LogP contribution >= 0.6 is 11.6 Å². The number of nitrogens with one attached hydrogen (secondary N) is 1. The maximum absolute atomic E-state index is 6.12. The van der Waals surface area contributed by atoms with Crippen LogP contribution < -0.4 is 16.0 Å². The van der Waals surface area contributed by atoms with Gasteiger partial charge in [-0.3, -0.25) is 5.84 Å². The zero-order valence-corrected chi connectivity index (χ0v) is 9.95. The molecule has 0 spiro atoms. The van der Waals surface area contributed by atoms with Crippen molar-refractivity contribution in [2.75, 3.05) is 5.43 Å². The first-order valence-corrected chi connectivity index (χ1v) is 5.64. The van der Waals surface area contributed by atoms with Crippen molar-refractivity contribution >= 4 is 17.3 Å². The number of allylic oxidation sites excluding steroid dienone is 5. The van der Waals surface area contributed by atoms with E-state index in [1.807, 2.05) is 48.6 Å². The van der Waals surface area contributed by atoms with Gasteiger partial charge in [0.1, 0.15) is 11.5 Å². The highest BCUT2D eigenvalue weighted by molar-refractivity contribution is 6.30. The number of anilines is 1. The van der Waals surface area contributed by atoms with Gasteiger partial charge in [0.05, 0.1) is 5.03 Å². The molecule has 2 rings (SSSR count). The van der Waals surface area contributed by atoms with Crippen molar-refractivity contribution in [3.05, 3.63) is 59.4 Å². The molecule has 17 heavy (non-hydrogen) atoms. The van der Waals surface area contributed by atoms with Crippen LogP contribution in [0.25, 0.3) is 0 Å². The van der Waals surface area contributed by atoms with Gasteiger partial charge in [-0.1, -0.05) is 29.8 Å². The number of halogens is 1. The van der Waals surface area contributed by atoms with Crippen LogP contribution in [0.5, 0.6) is 5.75 Å². The Bertz CT molecular complexity index is 475. The van der Waals surface area contributed by atoms with Crippen LogP contribution in [0.3, 0.4) is 0 Å². The zero-order valence-electron chi connectivity index (χ0n) is 9.19. The molecule has 1 aromatic carbocycles. The van der Waals surface area contributed by atoms with Crippen molar-refractivity contribution in [3.8, 4) is 5.75 Å². The normalized spacial score (nSPS) is 14.7. The monoisotopic (exact) mass is 248 g/mol. The molecule has 0 saturated carbocycles. The molecule has 3 N–H and O–H groups in total. The Morgan fingerprint density at radius 2 is 1.94 bits per heavy atom. The zero-order chi connectivity index (χ0) is 12.1. The van der Waals surface area contributed by atoms with Gasteiger partial charge in [-0.05, 0) is 30.3 Å². The third-order valence-electron chi connectivity index (χ3n) is 2.31. The van der Waals surface area contributed by atoms with E-state index in [1.165, 1.54) is 0 Å². The molecule has 1 aromatic rings. The molecule has 0 bridgehead atoms. The number of hydrazine groups is 1. The summed E-state index contributed by atoms with van der Waals surface area (Å²) in [6.07, 6.45) is 8.37. The van der Waals surface area contributed by atoms with Crippen molar-refractivity contribution in [1.29, 1.82) is 0 Å². The Hall–Kier alpha value is -1.71. The fourth-order valence-corrected chi connectivity index (χ4v) is 1.61. The average molecular weight is 249 g/mol. The molecule has 0 unspecified atom stereocenters. The molecule has 0 radical (unpaired) electrons. The quantitative estimate of drug-likeness (QED) is 0.637. The molecule has 1 aliphatic carbocycles. The van der Waals surface area contributed by atoms with Crippen molar-refractivity contribution in [3.63, 3.8) is 0 Å². The largest absolute Gasteiger partial charge is 0.456 e. The topological polar surface area (TPSA) is 47.3 Å². The molecule has 0 aliphatic heterocycles. The number of hydrogen-bond donors (Lipinski definition) is 2. The summed E-state index contributed by atoms with van der Waals surface area (Å²) in [5.41, 5.74) is 3.39. The predicted molar refractivity (Wildman–Crippen MR) is 70.7 cm³/mol. The predicted octanol–water partition coefficient (Wildman–Crippen LogP) is 3.32. The Labute approximate surface area is 105 Å². The summed E-state index contributed by atoms with van der Waals surface area (Å²) in [7, 11) is 0. The summed E-state index contributed by atoms with van der Waals surface area (Å²) < 4.78 is 5.70. The Morgan fingerprint density at radius 1 is 1.18 bits per heavy atom. The van der Waals surface area contributed by atoms with Crippen LogP contribution in [0.2, 0.25) is 0 Å². The summed E-state index contributed by atoms with van der Waals surface area (Å²) in [6.45, 7) is 0. The van der Waals surface area contributed by atoms with E-state index in [2.05, 4.69) is 5.43 Å². The summed E-state index contributed by atoms with van der Waals surface area (Å²) in [4.78, 5) is 0. The van der Waals surface area contributed by atoms with Gasteiger partial charge in [0, 0.05) is 12.1 Å². The fraction of sp³-hybridized carbons (Fsp3) is 0.0769. The standard InChI is InChI=1S/C13H13ClN2O/c14-12-4-2-1-3-5-13(12)17-11-8-6-10(16-15)7-9-11/h1-3,5-9,16H,4,15H2. The van der Waals surface area contributed by atoms with Crippen molar-refractivity contribution in [2.45, 2.75) is 6.42 Å². The number of nitrogen functional groups attached to an aromatic ring is 1. The highest BCUT2D eigenvalue weighted by Gasteiger charge is 2.05. The molecule has 0 atom stereocenters. The van der Waals surface area contributed by atoms with Crippen LogP contribution in [0, 0.1) is 0 Å². The lowest BCUT2D eigenvalue weighted by Crippen LogP contribution is -2.06. The summed E-state index contributed by atoms with van der Waals surface area (Å²) in [5, 5.41) is 0.691. The van der Waals surface area contributed by atoms with Gasteiger partial charge in [-0.25, -0.2) is 0 Å². The molecule has 0 saturated heterocycles. The molecule has 0 amide bonds. The minimum absolute atomic E-state index is 0.671. The molecule has 0 fully saturated rings. The van der Waals surface area contributed by atoms with Crippen LogP contribution in [0.4, 0.5) is 5.69 Å². The van der Waals surface area contributed by atoms with E-state index in [4.69, 9.17) is 22.2 Å². The maximum Gasteiger partial charge on any atom is 0.142 e. The van der Waals surface area contributed by atoms with Crippen LogP contribution in [0.1, 0.15) is 6.42 Å². The number of nitrogens with two attached hydrogens (primary N) is 1. The number of ether oxygens (including phenoxy) is 1. The van der Waals surface area contributed by atoms with E-state index in [9.17, 15) is 0 Å². The average Bonchev–Trinajstić information content (AvgIpc) is 2.56. The third-order valence-corrected chi connectivity index (χ3v) is 2.65. The molecular formula is C13H13ClN2O. The molecule has 0 heterocycles. The van der Waals surface area contributed by atoms with Gasteiger partial charge in [-0.2, -0.15) is 0 Å².